The van der Waals surface area contributed by atoms with Crippen LogP contribution in [0.5, 0.6) is 0 Å². The summed E-state index contributed by atoms with van der Waals surface area (Å²) in [7, 11) is 0. The number of aliphatic carboxylic acids is 1. The lowest BCUT2D eigenvalue weighted by molar-refractivity contribution is -0.504. The summed E-state index contributed by atoms with van der Waals surface area (Å²) in [4.78, 5) is 28.4. The quantitative estimate of drug-likeness (QED) is 0.322. The number of carbonyl (C=O) groups is 2. The molecule has 0 fully saturated rings. The number of nitro groups is 1. The molecule has 0 aliphatic heterocycles. The van der Waals surface area contributed by atoms with Gasteiger partial charge in [0.1, 0.15) is 6.42 Å². The molecule has 56 valence electrons. The molecular formula is C4H5NO5. The van der Waals surface area contributed by atoms with E-state index in [1.165, 1.54) is 0 Å². The summed E-state index contributed by atoms with van der Waals surface area (Å²) in [5.74, 6) is -1.35. The van der Waals surface area contributed by atoms with Crippen molar-refractivity contribution in [3.63, 3.8) is 0 Å². The molecule has 0 spiro atoms. The van der Waals surface area contributed by atoms with Gasteiger partial charge in [-0.15, -0.1) is 0 Å². The SMILES string of the molecule is O=CC(CC(=O)O)[N+](=O)[O-]. The van der Waals surface area contributed by atoms with Crippen molar-refractivity contribution in [3.05, 3.63) is 10.1 Å². The van der Waals surface area contributed by atoms with Crippen LogP contribution in [0.2, 0.25) is 0 Å². The first-order valence-corrected chi connectivity index (χ1v) is 2.38. The topological polar surface area (TPSA) is 97.5 Å². The standard InChI is InChI=1S/C4H5NO5/c6-2-3(5(9)10)1-4(7)8/h2-3H,1H2,(H,7,8). The smallest absolute Gasteiger partial charge is 0.310 e. The molecule has 1 atom stereocenters. The minimum Gasteiger partial charge on any atom is -0.481 e. The fraction of sp³-hybridized carbons (Fsp3) is 0.500. The first-order chi connectivity index (χ1) is 4.57. The molecule has 0 amide bonds. The number of carboxylic acid groups (broad SMARTS) is 1. The van der Waals surface area contributed by atoms with Crippen LogP contribution in [0.15, 0.2) is 0 Å². The van der Waals surface area contributed by atoms with Gasteiger partial charge in [-0.2, -0.15) is 0 Å². The first kappa shape index (κ1) is 8.54. The van der Waals surface area contributed by atoms with Gasteiger partial charge in [-0.25, -0.2) is 0 Å². The van der Waals surface area contributed by atoms with E-state index in [9.17, 15) is 19.7 Å². The minimum absolute atomic E-state index is 0.00806. The van der Waals surface area contributed by atoms with Crippen molar-refractivity contribution in [1.29, 1.82) is 0 Å². The van der Waals surface area contributed by atoms with Gasteiger partial charge < -0.3 is 5.11 Å². The van der Waals surface area contributed by atoms with Crippen molar-refractivity contribution in [2.24, 2.45) is 0 Å². The highest BCUT2D eigenvalue weighted by Crippen LogP contribution is 1.91. The van der Waals surface area contributed by atoms with E-state index in [0.29, 0.717) is 0 Å². The average molecular weight is 147 g/mol. The van der Waals surface area contributed by atoms with Crippen molar-refractivity contribution >= 4 is 12.3 Å². The van der Waals surface area contributed by atoms with Crippen molar-refractivity contribution in [3.8, 4) is 0 Å². The molecule has 0 aliphatic carbocycles. The Hall–Kier alpha value is -1.46. The highest BCUT2D eigenvalue weighted by Gasteiger charge is 2.21. The molecule has 10 heavy (non-hydrogen) atoms. The third-order valence-corrected chi connectivity index (χ3v) is 0.812. The lowest BCUT2D eigenvalue weighted by Crippen LogP contribution is -2.24. The summed E-state index contributed by atoms with van der Waals surface area (Å²) in [6.07, 6.45) is -0.745. The Labute approximate surface area is 55.6 Å². The fourth-order valence-corrected chi connectivity index (χ4v) is 0.351. The number of aldehydes is 1. The van der Waals surface area contributed by atoms with E-state index in [4.69, 9.17) is 5.11 Å². The molecule has 0 aromatic carbocycles. The van der Waals surface area contributed by atoms with Crippen LogP contribution < -0.4 is 0 Å². The number of nitrogens with zero attached hydrogens (tertiary/aromatic N) is 1. The van der Waals surface area contributed by atoms with Gasteiger partial charge in [0.05, 0.1) is 0 Å². The molecule has 1 N–H and O–H groups in total. The zero-order valence-electron chi connectivity index (χ0n) is 4.89. The van der Waals surface area contributed by atoms with Gasteiger partial charge in [0.25, 0.3) is 6.04 Å². The second-order valence-corrected chi connectivity index (χ2v) is 1.59. The summed E-state index contributed by atoms with van der Waals surface area (Å²) >= 11 is 0. The molecule has 0 saturated heterocycles. The summed E-state index contributed by atoms with van der Waals surface area (Å²) in [6, 6.07) is -1.61. The van der Waals surface area contributed by atoms with E-state index in [2.05, 4.69) is 0 Å². The minimum atomic E-state index is -1.61. The van der Waals surface area contributed by atoms with Crippen molar-refractivity contribution < 1.29 is 19.6 Å². The van der Waals surface area contributed by atoms with E-state index in [1.807, 2.05) is 0 Å². The molecule has 0 radical (unpaired) electrons. The zero-order valence-corrected chi connectivity index (χ0v) is 4.89. The van der Waals surface area contributed by atoms with Gasteiger partial charge in [-0.3, -0.25) is 19.7 Å². The molecule has 0 aromatic rings. The Morgan fingerprint density at radius 3 is 2.40 bits per heavy atom. The van der Waals surface area contributed by atoms with E-state index in [-0.39, 0.29) is 6.29 Å². The zero-order chi connectivity index (χ0) is 8.15. The Balaban J connectivity index is 3.96. The van der Waals surface area contributed by atoms with E-state index < -0.39 is 23.4 Å². The lowest BCUT2D eigenvalue weighted by atomic mass is 10.2. The molecule has 0 bridgehead atoms. The van der Waals surface area contributed by atoms with Crippen LogP contribution in [0, 0.1) is 10.1 Å². The van der Waals surface area contributed by atoms with Crippen molar-refractivity contribution in [2.75, 3.05) is 0 Å². The lowest BCUT2D eigenvalue weighted by Gasteiger charge is -1.95. The molecule has 6 heteroatoms. The summed E-state index contributed by atoms with van der Waals surface area (Å²) in [5.41, 5.74) is 0. The fourth-order valence-electron chi connectivity index (χ4n) is 0.351. The molecule has 0 heterocycles. The highest BCUT2D eigenvalue weighted by atomic mass is 16.6. The van der Waals surface area contributed by atoms with Gasteiger partial charge in [0, 0.05) is 4.92 Å². The molecule has 0 aliphatic rings. The van der Waals surface area contributed by atoms with Crippen LogP contribution in [-0.4, -0.2) is 28.3 Å². The van der Waals surface area contributed by atoms with Crippen LogP contribution in [0.25, 0.3) is 0 Å². The second kappa shape index (κ2) is 3.54. The van der Waals surface area contributed by atoms with E-state index in [1.54, 1.807) is 0 Å². The molecule has 0 rings (SSSR count). The van der Waals surface area contributed by atoms with E-state index in [0.717, 1.165) is 0 Å². The number of rotatable bonds is 4. The Morgan fingerprint density at radius 1 is 1.80 bits per heavy atom. The van der Waals surface area contributed by atoms with E-state index >= 15 is 0 Å². The number of carbonyl (C=O) groups excluding carboxylic acids is 1. The number of hydrogen-bond donors (Lipinski definition) is 1. The van der Waals surface area contributed by atoms with Crippen LogP contribution in [-0.2, 0) is 9.59 Å². The Morgan fingerprint density at radius 2 is 2.30 bits per heavy atom. The third-order valence-electron chi connectivity index (χ3n) is 0.812. The molecule has 0 saturated carbocycles. The first-order valence-electron chi connectivity index (χ1n) is 2.38. The molecule has 1 unspecified atom stereocenters. The monoisotopic (exact) mass is 147 g/mol. The van der Waals surface area contributed by atoms with Crippen LogP contribution in [0.1, 0.15) is 6.42 Å². The summed E-state index contributed by atoms with van der Waals surface area (Å²) in [6.45, 7) is 0. The van der Waals surface area contributed by atoms with Gasteiger partial charge in [-0.1, -0.05) is 0 Å². The summed E-state index contributed by atoms with van der Waals surface area (Å²) < 4.78 is 0. The van der Waals surface area contributed by atoms with Gasteiger partial charge in [0.2, 0.25) is 0 Å². The normalized spacial score (nSPS) is 12.0. The van der Waals surface area contributed by atoms with Crippen molar-refractivity contribution in [2.45, 2.75) is 12.5 Å². The maximum Gasteiger partial charge on any atom is 0.310 e. The predicted molar refractivity (Wildman–Crippen MR) is 29.1 cm³/mol. The highest BCUT2D eigenvalue weighted by molar-refractivity contribution is 5.72. The molecule has 6 nitrogen and oxygen atoms in total. The second-order valence-electron chi connectivity index (χ2n) is 1.59. The van der Waals surface area contributed by atoms with Crippen LogP contribution >= 0.6 is 0 Å². The maximum atomic E-state index is 9.81. The van der Waals surface area contributed by atoms with Gasteiger partial charge in [-0.05, 0) is 0 Å². The van der Waals surface area contributed by atoms with Crippen LogP contribution in [0.4, 0.5) is 0 Å². The predicted octanol–water partition coefficient (Wildman–Crippen LogP) is -0.695. The summed E-state index contributed by atoms with van der Waals surface area (Å²) in [5, 5.41) is 17.8. The molecular weight excluding hydrogens is 142 g/mol. The maximum absolute atomic E-state index is 9.81. The average Bonchev–Trinajstić information content (AvgIpc) is 1.81. The van der Waals surface area contributed by atoms with Gasteiger partial charge in [0.15, 0.2) is 6.29 Å². The molecule has 0 aromatic heterocycles. The Kier molecular flexibility index (Phi) is 3.03. The largest absolute Gasteiger partial charge is 0.481 e. The third kappa shape index (κ3) is 2.75. The van der Waals surface area contributed by atoms with Gasteiger partial charge >= 0.3 is 5.97 Å². The van der Waals surface area contributed by atoms with Crippen LogP contribution in [0.3, 0.4) is 0 Å². The number of carboxylic acids is 1. The Bertz CT molecular complexity index is 165. The number of hydrogen-bond acceptors (Lipinski definition) is 4. The van der Waals surface area contributed by atoms with Crippen molar-refractivity contribution in [1.82, 2.24) is 0 Å².